The lowest BCUT2D eigenvalue weighted by Crippen LogP contribution is -1.96. The maximum Gasteiger partial charge on any atom is 0.242 e. The average Bonchev–Trinajstić information content (AvgIpc) is 2.03. The van der Waals surface area contributed by atoms with Crippen molar-refractivity contribution in [2.75, 3.05) is 0 Å². The number of benzene rings is 1. The molecule has 0 spiro atoms. The summed E-state index contributed by atoms with van der Waals surface area (Å²) in [6.45, 7) is 0. The Hall–Kier alpha value is -1.43. The molecule has 0 saturated carbocycles. The number of hydrogen-bond acceptors (Lipinski definition) is 1. The van der Waals surface area contributed by atoms with Crippen molar-refractivity contribution in [2.45, 2.75) is 12.8 Å². The summed E-state index contributed by atoms with van der Waals surface area (Å²) in [6.07, 6.45) is -2.63. The van der Waals surface area contributed by atoms with Crippen molar-refractivity contribution < 1.29 is 8.78 Å². The second-order valence-corrected chi connectivity index (χ2v) is 2.41. The molecule has 1 rings (SSSR count). The van der Waals surface area contributed by atoms with Crippen LogP contribution in [0.1, 0.15) is 11.1 Å². The van der Waals surface area contributed by atoms with E-state index in [1.807, 2.05) is 6.07 Å². The van der Waals surface area contributed by atoms with Crippen molar-refractivity contribution in [3.05, 3.63) is 35.4 Å². The van der Waals surface area contributed by atoms with Crippen LogP contribution in [-0.4, -0.2) is 6.43 Å². The third-order valence-electron chi connectivity index (χ3n) is 1.45. The summed E-state index contributed by atoms with van der Waals surface area (Å²) >= 11 is 0. The molecule has 0 N–H and O–H groups in total. The molecule has 0 unspecified atom stereocenters. The molecular formula is C9H7F2N. The zero-order chi connectivity index (χ0) is 8.97. The lowest BCUT2D eigenvalue weighted by molar-refractivity contribution is 0.149. The van der Waals surface area contributed by atoms with Gasteiger partial charge in [-0.2, -0.15) is 5.26 Å². The van der Waals surface area contributed by atoms with Gasteiger partial charge in [0.25, 0.3) is 0 Å². The van der Waals surface area contributed by atoms with Crippen LogP contribution in [0.5, 0.6) is 0 Å². The van der Waals surface area contributed by atoms with Crippen molar-refractivity contribution in [2.24, 2.45) is 0 Å². The van der Waals surface area contributed by atoms with Gasteiger partial charge < -0.3 is 0 Å². The van der Waals surface area contributed by atoms with Crippen molar-refractivity contribution in [1.29, 1.82) is 5.26 Å². The molecule has 0 aliphatic rings. The van der Waals surface area contributed by atoms with E-state index in [1.54, 1.807) is 18.2 Å². The van der Waals surface area contributed by atoms with Crippen LogP contribution in [0.15, 0.2) is 24.3 Å². The average molecular weight is 167 g/mol. The molecule has 0 amide bonds. The molecule has 0 aliphatic heterocycles. The van der Waals surface area contributed by atoms with E-state index >= 15 is 0 Å². The van der Waals surface area contributed by atoms with Crippen molar-refractivity contribution in [3.8, 4) is 6.07 Å². The number of nitriles is 1. The van der Waals surface area contributed by atoms with E-state index in [2.05, 4.69) is 0 Å². The standard InChI is InChI=1S/C9H7F2N/c10-9(11)5-7-2-1-3-8(4-7)6-12/h1-4,9H,5H2. The molecule has 0 heterocycles. The fourth-order valence-corrected chi connectivity index (χ4v) is 0.946. The Morgan fingerprint density at radius 3 is 2.75 bits per heavy atom. The Balaban J connectivity index is 2.81. The van der Waals surface area contributed by atoms with Gasteiger partial charge in [0, 0.05) is 6.42 Å². The van der Waals surface area contributed by atoms with E-state index in [0.717, 1.165) is 0 Å². The zero-order valence-corrected chi connectivity index (χ0v) is 6.30. The molecule has 62 valence electrons. The summed E-state index contributed by atoms with van der Waals surface area (Å²) < 4.78 is 23.7. The normalized spacial score (nSPS) is 9.83. The van der Waals surface area contributed by atoms with Crippen LogP contribution < -0.4 is 0 Å². The fourth-order valence-electron chi connectivity index (χ4n) is 0.946. The molecule has 0 aromatic heterocycles. The molecule has 0 saturated heterocycles. The van der Waals surface area contributed by atoms with Crippen molar-refractivity contribution in [1.82, 2.24) is 0 Å². The highest BCUT2D eigenvalue weighted by atomic mass is 19.3. The summed E-state index contributed by atoms with van der Waals surface area (Å²) in [5.74, 6) is 0. The number of hydrogen-bond donors (Lipinski definition) is 0. The van der Waals surface area contributed by atoms with Crippen molar-refractivity contribution >= 4 is 0 Å². The van der Waals surface area contributed by atoms with E-state index < -0.39 is 6.43 Å². The minimum atomic E-state index is -2.35. The Morgan fingerprint density at radius 2 is 2.17 bits per heavy atom. The van der Waals surface area contributed by atoms with E-state index in [4.69, 9.17) is 5.26 Å². The Bertz CT molecular complexity index is 302. The van der Waals surface area contributed by atoms with E-state index in [9.17, 15) is 8.78 Å². The van der Waals surface area contributed by atoms with Crippen molar-refractivity contribution in [3.63, 3.8) is 0 Å². The minimum absolute atomic E-state index is 0.282. The van der Waals surface area contributed by atoms with Gasteiger partial charge in [-0.1, -0.05) is 12.1 Å². The molecule has 0 atom stereocenters. The van der Waals surface area contributed by atoms with Gasteiger partial charge in [0.05, 0.1) is 11.6 Å². The van der Waals surface area contributed by atoms with Gasteiger partial charge >= 0.3 is 0 Å². The molecule has 1 nitrogen and oxygen atoms in total. The highest BCUT2D eigenvalue weighted by Crippen LogP contribution is 2.09. The van der Waals surface area contributed by atoms with Gasteiger partial charge in [0.1, 0.15) is 0 Å². The van der Waals surface area contributed by atoms with Gasteiger partial charge in [-0.15, -0.1) is 0 Å². The van der Waals surface area contributed by atoms with Crippen LogP contribution in [-0.2, 0) is 6.42 Å². The highest BCUT2D eigenvalue weighted by molar-refractivity contribution is 5.32. The van der Waals surface area contributed by atoms with Crippen LogP contribution in [0.4, 0.5) is 8.78 Å². The van der Waals surface area contributed by atoms with E-state index in [0.29, 0.717) is 11.1 Å². The Labute approximate surface area is 69.2 Å². The topological polar surface area (TPSA) is 23.8 Å². The van der Waals surface area contributed by atoms with Gasteiger partial charge in [-0.3, -0.25) is 0 Å². The van der Waals surface area contributed by atoms with Crippen LogP contribution in [0.3, 0.4) is 0 Å². The molecule has 0 fully saturated rings. The summed E-state index contributed by atoms with van der Waals surface area (Å²) in [7, 11) is 0. The largest absolute Gasteiger partial charge is 0.242 e. The molecule has 3 heteroatoms. The van der Waals surface area contributed by atoms with Gasteiger partial charge in [-0.05, 0) is 17.7 Å². The van der Waals surface area contributed by atoms with Gasteiger partial charge in [0.2, 0.25) is 6.43 Å². The number of halogens is 2. The van der Waals surface area contributed by atoms with Crippen LogP contribution in [0.2, 0.25) is 0 Å². The predicted molar refractivity (Wildman–Crippen MR) is 40.9 cm³/mol. The molecule has 0 radical (unpaired) electrons. The van der Waals surface area contributed by atoms with Gasteiger partial charge in [-0.25, -0.2) is 8.78 Å². The SMILES string of the molecule is N#Cc1cccc(CC(F)F)c1. The van der Waals surface area contributed by atoms with E-state index in [-0.39, 0.29) is 6.42 Å². The zero-order valence-electron chi connectivity index (χ0n) is 6.30. The smallest absolute Gasteiger partial charge is 0.210 e. The Morgan fingerprint density at radius 1 is 1.42 bits per heavy atom. The number of rotatable bonds is 2. The summed E-state index contributed by atoms with van der Waals surface area (Å²) in [4.78, 5) is 0. The lowest BCUT2D eigenvalue weighted by atomic mass is 10.1. The fraction of sp³-hybridized carbons (Fsp3) is 0.222. The lowest BCUT2D eigenvalue weighted by Gasteiger charge is -1.99. The summed E-state index contributed by atoms with van der Waals surface area (Å²) in [5.41, 5.74) is 0.928. The number of nitrogens with zero attached hydrogens (tertiary/aromatic N) is 1. The monoisotopic (exact) mass is 167 g/mol. The molecule has 0 bridgehead atoms. The first-order chi connectivity index (χ1) is 5.72. The predicted octanol–water partition coefficient (Wildman–Crippen LogP) is 2.37. The highest BCUT2D eigenvalue weighted by Gasteiger charge is 2.04. The second kappa shape index (κ2) is 3.82. The molecular weight excluding hydrogens is 160 g/mol. The first-order valence-corrected chi connectivity index (χ1v) is 3.49. The minimum Gasteiger partial charge on any atom is -0.210 e. The third-order valence-corrected chi connectivity index (χ3v) is 1.45. The molecule has 0 aliphatic carbocycles. The molecule has 1 aromatic rings. The summed E-state index contributed by atoms with van der Waals surface area (Å²) in [6, 6.07) is 8.16. The van der Waals surface area contributed by atoms with Crippen LogP contribution in [0.25, 0.3) is 0 Å². The first-order valence-electron chi connectivity index (χ1n) is 3.49. The quantitative estimate of drug-likeness (QED) is 0.663. The maximum absolute atomic E-state index is 11.9. The van der Waals surface area contributed by atoms with E-state index in [1.165, 1.54) is 6.07 Å². The first kappa shape index (κ1) is 8.66. The second-order valence-electron chi connectivity index (χ2n) is 2.41. The van der Waals surface area contributed by atoms with Crippen LogP contribution in [0, 0.1) is 11.3 Å². The Kier molecular flexibility index (Phi) is 2.76. The third kappa shape index (κ3) is 2.31. The van der Waals surface area contributed by atoms with Gasteiger partial charge in [0.15, 0.2) is 0 Å². The van der Waals surface area contributed by atoms with Crippen LogP contribution >= 0.6 is 0 Å². The number of alkyl halides is 2. The summed E-state index contributed by atoms with van der Waals surface area (Å²) in [5, 5.41) is 8.46. The molecule has 12 heavy (non-hydrogen) atoms. The molecule has 1 aromatic carbocycles. The maximum atomic E-state index is 11.9.